The molecule has 1 aromatic heterocycles. The van der Waals surface area contributed by atoms with Gasteiger partial charge in [-0.1, -0.05) is 48.9 Å². The molecule has 27 heavy (non-hydrogen) atoms. The van der Waals surface area contributed by atoms with Crippen LogP contribution >= 0.6 is 0 Å². The molecule has 6 nitrogen and oxygen atoms in total. The first kappa shape index (κ1) is 18.8. The van der Waals surface area contributed by atoms with Gasteiger partial charge in [0.1, 0.15) is 12.4 Å². The fourth-order valence-corrected chi connectivity index (χ4v) is 3.33. The standard InChI is InChI=1S/C21H23N3O3/c1-3-4-9-20-22-12-16(13-23-26)24(20)14-15-10-11-19(21(25)27-2)18-8-6-5-7-17(15)18/h5-8,10-12H,3-4,9,13-14H2,1-2H3. The van der Waals surface area contributed by atoms with Crippen LogP contribution in [0.3, 0.4) is 0 Å². The molecular formula is C21H23N3O3. The van der Waals surface area contributed by atoms with Gasteiger partial charge < -0.3 is 9.30 Å². The maximum Gasteiger partial charge on any atom is 0.338 e. The van der Waals surface area contributed by atoms with E-state index in [9.17, 15) is 9.70 Å². The van der Waals surface area contributed by atoms with Crippen LogP contribution in [0.2, 0.25) is 0 Å². The predicted molar refractivity (Wildman–Crippen MR) is 105 cm³/mol. The number of nitroso groups, excluding NO2 is 1. The highest BCUT2D eigenvalue weighted by Gasteiger charge is 2.15. The van der Waals surface area contributed by atoms with Crippen molar-refractivity contribution in [2.24, 2.45) is 5.18 Å². The Morgan fingerprint density at radius 3 is 2.67 bits per heavy atom. The Labute approximate surface area is 158 Å². The number of carbonyl (C=O) groups excluding carboxylic acids is 1. The number of imidazole rings is 1. The number of aryl methyl sites for hydroxylation is 1. The summed E-state index contributed by atoms with van der Waals surface area (Å²) in [6.45, 7) is 2.81. The lowest BCUT2D eigenvalue weighted by Gasteiger charge is -2.14. The smallest absolute Gasteiger partial charge is 0.338 e. The first-order chi connectivity index (χ1) is 13.2. The van der Waals surface area contributed by atoms with Crippen LogP contribution in [0.1, 0.15) is 47.2 Å². The highest BCUT2D eigenvalue weighted by atomic mass is 16.5. The number of esters is 1. The molecule has 0 radical (unpaired) electrons. The molecule has 0 aliphatic carbocycles. The van der Waals surface area contributed by atoms with Gasteiger partial charge in [-0.25, -0.2) is 9.78 Å². The predicted octanol–water partition coefficient (Wildman–Crippen LogP) is 4.48. The molecule has 0 saturated heterocycles. The lowest BCUT2D eigenvalue weighted by Crippen LogP contribution is -2.10. The lowest BCUT2D eigenvalue weighted by molar-refractivity contribution is 0.0603. The number of benzene rings is 2. The summed E-state index contributed by atoms with van der Waals surface area (Å²) in [5.41, 5.74) is 2.40. The minimum absolute atomic E-state index is 0.0945. The molecule has 2 aromatic carbocycles. The molecule has 0 saturated carbocycles. The van der Waals surface area contributed by atoms with Crippen molar-refractivity contribution in [3.8, 4) is 0 Å². The highest BCUT2D eigenvalue weighted by molar-refractivity contribution is 6.05. The number of hydrogen-bond acceptors (Lipinski definition) is 5. The van der Waals surface area contributed by atoms with E-state index in [1.165, 1.54) is 7.11 Å². The summed E-state index contributed by atoms with van der Waals surface area (Å²) in [5.74, 6) is 0.603. The molecule has 0 aliphatic heterocycles. The molecule has 3 aromatic rings. The number of methoxy groups -OCH3 is 1. The Kier molecular flexibility index (Phi) is 5.96. The summed E-state index contributed by atoms with van der Waals surface area (Å²) in [6, 6.07) is 11.5. The molecule has 6 heteroatoms. The Balaban J connectivity index is 2.06. The van der Waals surface area contributed by atoms with Gasteiger partial charge in [-0.05, 0) is 28.8 Å². The largest absolute Gasteiger partial charge is 0.465 e. The van der Waals surface area contributed by atoms with Crippen molar-refractivity contribution in [3.05, 3.63) is 70.1 Å². The van der Waals surface area contributed by atoms with Crippen LogP contribution in [0.4, 0.5) is 0 Å². The number of fused-ring (bicyclic) bond motifs is 1. The van der Waals surface area contributed by atoms with E-state index in [1.807, 2.05) is 30.3 Å². The third-order valence-electron chi connectivity index (χ3n) is 4.75. The number of rotatable bonds is 8. The van der Waals surface area contributed by atoms with Crippen molar-refractivity contribution in [2.75, 3.05) is 7.11 Å². The molecule has 0 fully saturated rings. The summed E-state index contributed by atoms with van der Waals surface area (Å²) >= 11 is 0. The quantitative estimate of drug-likeness (QED) is 0.436. The summed E-state index contributed by atoms with van der Waals surface area (Å²) in [6.07, 6.45) is 4.70. The minimum atomic E-state index is -0.352. The zero-order valence-corrected chi connectivity index (χ0v) is 15.6. The van der Waals surface area contributed by atoms with Crippen LogP contribution in [0.5, 0.6) is 0 Å². The van der Waals surface area contributed by atoms with Crippen LogP contribution in [0, 0.1) is 4.91 Å². The van der Waals surface area contributed by atoms with Crippen molar-refractivity contribution in [3.63, 3.8) is 0 Å². The van der Waals surface area contributed by atoms with Crippen LogP contribution in [-0.4, -0.2) is 22.6 Å². The molecule has 140 valence electrons. The van der Waals surface area contributed by atoms with E-state index in [0.29, 0.717) is 12.1 Å². The van der Waals surface area contributed by atoms with Crippen molar-refractivity contribution in [1.29, 1.82) is 0 Å². The normalized spacial score (nSPS) is 10.9. The van der Waals surface area contributed by atoms with E-state index in [2.05, 4.69) is 21.7 Å². The Bertz CT molecular complexity index is 962. The second-order valence-corrected chi connectivity index (χ2v) is 6.45. The van der Waals surface area contributed by atoms with Crippen LogP contribution in [-0.2, 0) is 24.2 Å². The van der Waals surface area contributed by atoms with E-state index in [-0.39, 0.29) is 12.5 Å². The second kappa shape index (κ2) is 8.58. The monoisotopic (exact) mass is 365 g/mol. The van der Waals surface area contributed by atoms with Crippen LogP contribution in [0.25, 0.3) is 10.8 Å². The van der Waals surface area contributed by atoms with Crippen molar-refractivity contribution in [2.45, 2.75) is 39.3 Å². The van der Waals surface area contributed by atoms with Gasteiger partial charge >= 0.3 is 5.97 Å². The number of carbonyl (C=O) groups is 1. The average Bonchev–Trinajstić information content (AvgIpc) is 3.07. The van der Waals surface area contributed by atoms with Gasteiger partial charge in [0, 0.05) is 13.0 Å². The van der Waals surface area contributed by atoms with E-state index >= 15 is 0 Å². The zero-order valence-electron chi connectivity index (χ0n) is 15.6. The molecule has 1 heterocycles. The van der Waals surface area contributed by atoms with Gasteiger partial charge in [0.25, 0.3) is 0 Å². The highest BCUT2D eigenvalue weighted by Crippen LogP contribution is 2.25. The van der Waals surface area contributed by atoms with Crippen molar-refractivity contribution < 1.29 is 9.53 Å². The van der Waals surface area contributed by atoms with Gasteiger partial charge in [-0.15, -0.1) is 0 Å². The Morgan fingerprint density at radius 2 is 1.96 bits per heavy atom. The molecule has 0 atom stereocenters. The van der Waals surface area contributed by atoms with Gasteiger partial charge in [0.05, 0.1) is 24.6 Å². The topological polar surface area (TPSA) is 73.5 Å². The first-order valence-electron chi connectivity index (χ1n) is 9.11. The molecule has 0 unspecified atom stereocenters. The van der Waals surface area contributed by atoms with Crippen molar-refractivity contribution in [1.82, 2.24) is 9.55 Å². The summed E-state index contributed by atoms with van der Waals surface area (Å²) in [5, 5.41) is 4.88. The number of aromatic nitrogens is 2. The van der Waals surface area contributed by atoms with Gasteiger partial charge in [0.15, 0.2) is 0 Å². The number of ether oxygens (including phenoxy) is 1. The maximum atomic E-state index is 12.1. The summed E-state index contributed by atoms with van der Waals surface area (Å²) < 4.78 is 6.97. The third-order valence-corrected chi connectivity index (χ3v) is 4.75. The molecule has 3 rings (SSSR count). The lowest BCUT2D eigenvalue weighted by atomic mass is 9.99. The van der Waals surface area contributed by atoms with Gasteiger partial charge in [0.2, 0.25) is 0 Å². The second-order valence-electron chi connectivity index (χ2n) is 6.45. The Morgan fingerprint density at radius 1 is 1.19 bits per heavy atom. The summed E-state index contributed by atoms with van der Waals surface area (Å²) in [7, 11) is 1.38. The first-order valence-corrected chi connectivity index (χ1v) is 9.11. The SMILES string of the molecule is CCCCc1ncc(CN=O)n1Cc1ccc(C(=O)OC)c2ccccc12. The molecule has 0 amide bonds. The molecular weight excluding hydrogens is 342 g/mol. The Hall–Kier alpha value is -3.02. The molecule has 0 bridgehead atoms. The van der Waals surface area contributed by atoms with Gasteiger partial charge in [-0.2, -0.15) is 4.91 Å². The van der Waals surface area contributed by atoms with Gasteiger partial charge in [-0.3, -0.25) is 0 Å². The van der Waals surface area contributed by atoms with Crippen LogP contribution in [0.15, 0.2) is 47.8 Å². The van der Waals surface area contributed by atoms with Crippen LogP contribution < -0.4 is 0 Å². The van der Waals surface area contributed by atoms with E-state index in [4.69, 9.17) is 4.74 Å². The van der Waals surface area contributed by atoms with E-state index in [0.717, 1.165) is 47.1 Å². The number of nitrogens with zero attached hydrogens (tertiary/aromatic N) is 3. The third kappa shape index (κ3) is 3.89. The number of unbranched alkanes of at least 4 members (excludes halogenated alkanes) is 1. The van der Waals surface area contributed by atoms with E-state index < -0.39 is 0 Å². The molecule has 0 spiro atoms. The number of hydrogen-bond donors (Lipinski definition) is 0. The minimum Gasteiger partial charge on any atom is -0.465 e. The van der Waals surface area contributed by atoms with Crippen molar-refractivity contribution >= 4 is 16.7 Å². The summed E-state index contributed by atoms with van der Waals surface area (Å²) in [4.78, 5) is 27.4. The molecule has 0 N–H and O–H groups in total. The maximum absolute atomic E-state index is 12.1. The zero-order chi connectivity index (χ0) is 19.2. The van der Waals surface area contributed by atoms with E-state index in [1.54, 1.807) is 12.3 Å². The molecule has 0 aliphatic rings. The fourth-order valence-electron chi connectivity index (χ4n) is 3.33. The fraction of sp³-hybridized carbons (Fsp3) is 0.333. The average molecular weight is 365 g/mol.